The van der Waals surface area contributed by atoms with Gasteiger partial charge < -0.3 is 15.7 Å². The standard InChI is InChI=1S/C13H20N2O2/c1-9-5-4-6-12(7-9)15-13(17)14-10(2)8-11(3)16/h4-7,10-11,16H,8H2,1-3H3,(H2,14,15,17). The van der Waals surface area contributed by atoms with Gasteiger partial charge >= 0.3 is 6.03 Å². The van der Waals surface area contributed by atoms with E-state index < -0.39 is 6.10 Å². The molecule has 0 aliphatic rings. The predicted octanol–water partition coefficient (Wildman–Crippen LogP) is 2.28. The molecule has 0 aliphatic carbocycles. The maximum Gasteiger partial charge on any atom is 0.319 e. The first kappa shape index (κ1) is 13.5. The Morgan fingerprint density at radius 2 is 2.12 bits per heavy atom. The summed E-state index contributed by atoms with van der Waals surface area (Å²) in [6.45, 7) is 5.54. The molecule has 0 saturated carbocycles. The second kappa shape index (κ2) is 6.25. The summed E-state index contributed by atoms with van der Waals surface area (Å²) in [5, 5.41) is 14.7. The molecule has 0 spiro atoms. The van der Waals surface area contributed by atoms with Gasteiger partial charge in [0.05, 0.1) is 6.10 Å². The van der Waals surface area contributed by atoms with E-state index in [1.165, 1.54) is 0 Å². The van der Waals surface area contributed by atoms with Crippen LogP contribution >= 0.6 is 0 Å². The molecule has 1 aromatic rings. The zero-order valence-corrected chi connectivity index (χ0v) is 10.5. The molecule has 3 N–H and O–H groups in total. The summed E-state index contributed by atoms with van der Waals surface area (Å²) < 4.78 is 0. The van der Waals surface area contributed by atoms with Gasteiger partial charge in [-0.25, -0.2) is 4.79 Å². The number of hydrogen-bond acceptors (Lipinski definition) is 2. The maximum absolute atomic E-state index is 11.6. The fourth-order valence-electron chi connectivity index (χ4n) is 1.68. The normalized spacial score (nSPS) is 13.9. The SMILES string of the molecule is Cc1cccc(NC(=O)NC(C)CC(C)O)c1. The van der Waals surface area contributed by atoms with Gasteiger partial charge in [-0.1, -0.05) is 12.1 Å². The molecule has 0 aromatic heterocycles. The molecule has 1 rings (SSSR count). The molecule has 0 fully saturated rings. The van der Waals surface area contributed by atoms with Gasteiger partial charge in [0.25, 0.3) is 0 Å². The number of carbonyl (C=O) groups excluding carboxylic acids is 1. The number of aliphatic hydroxyl groups excluding tert-OH is 1. The lowest BCUT2D eigenvalue weighted by Gasteiger charge is -2.16. The number of rotatable bonds is 4. The van der Waals surface area contributed by atoms with Crippen LogP contribution < -0.4 is 10.6 Å². The molecule has 0 saturated heterocycles. The Hall–Kier alpha value is -1.55. The summed E-state index contributed by atoms with van der Waals surface area (Å²) in [6, 6.07) is 7.30. The molecule has 17 heavy (non-hydrogen) atoms. The van der Waals surface area contributed by atoms with Crippen molar-refractivity contribution in [2.75, 3.05) is 5.32 Å². The van der Waals surface area contributed by atoms with E-state index in [4.69, 9.17) is 0 Å². The molecule has 94 valence electrons. The molecule has 0 heterocycles. The molecule has 4 nitrogen and oxygen atoms in total. The lowest BCUT2D eigenvalue weighted by molar-refractivity contribution is 0.171. The van der Waals surface area contributed by atoms with Crippen LogP contribution in [0.4, 0.5) is 10.5 Å². The number of anilines is 1. The van der Waals surface area contributed by atoms with Crippen LogP contribution in [0.5, 0.6) is 0 Å². The Labute approximate surface area is 102 Å². The van der Waals surface area contributed by atoms with Crippen molar-refractivity contribution < 1.29 is 9.90 Å². The van der Waals surface area contributed by atoms with Crippen LogP contribution in [0, 0.1) is 6.92 Å². The van der Waals surface area contributed by atoms with Gasteiger partial charge in [-0.2, -0.15) is 0 Å². The first-order valence-corrected chi connectivity index (χ1v) is 5.79. The molecular formula is C13H20N2O2. The topological polar surface area (TPSA) is 61.4 Å². The molecule has 1 aromatic carbocycles. The third kappa shape index (κ3) is 5.36. The second-order valence-corrected chi connectivity index (χ2v) is 4.45. The maximum atomic E-state index is 11.6. The van der Waals surface area contributed by atoms with Crippen molar-refractivity contribution in [3.05, 3.63) is 29.8 Å². The van der Waals surface area contributed by atoms with Crippen molar-refractivity contribution in [2.24, 2.45) is 0 Å². The Morgan fingerprint density at radius 3 is 2.71 bits per heavy atom. The van der Waals surface area contributed by atoms with Gasteiger partial charge in [0.1, 0.15) is 0 Å². The fourth-order valence-corrected chi connectivity index (χ4v) is 1.68. The number of aliphatic hydroxyl groups is 1. The smallest absolute Gasteiger partial charge is 0.319 e. The number of hydrogen-bond donors (Lipinski definition) is 3. The van der Waals surface area contributed by atoms with Crippen molar-refractivity contribution >= 4 is 11.7 Å². The summed E-state index contributed by atoms with van der Waals surface area (Å²) in [5.74, 6) is 0. The summed E-state index contributed by atoms with van der Waals surface area (Å²) in [7, 11) is 0. The van der Waals surface area contributed by atoms with E-state index in [1.54, 1.807) is 6.92 Å². The molecular weight excluding hydrogens is 216 g/mol. The molecule has 0 radical (unpaired) electrons. The van der Waals surface area contributed by atoms with E-state index in [0.717, 1.165) is 11.3 Å². The predicted molar refractivity (Wildman–Crippen MR) is 69.1 cm³/mol. The van der Waals surface area contributed by atoms with Gasteiger partial charge in [0.15, 0.2) is 0 Å². The minimum absolute atomic E-state index is 0.0557. The molecule has 2 amide bonds. The van der Waals surface area contributed by atoms with Gasteiger partial charge in [-0.15, -0.1) is 0 Å². The molecule has 2 unspecified atom stereocenters. The number of aryl methyl sites for hydroxylation is 1. The Bertz CT molecular complexity index is 377. The van der Waals surface area contributed by atoms with E-state index >= 15 is 0 Å². The van der Waals surface area contributed by atoms with Crippen molar-refractivity contribution in [1.82, 2.24) is 5.32 Å². The average molecular weight is 236 g/mol. The highest BCUT2D eigenvalue weighted by Gasteiger charge is 2.09. The van der Waals surface area contributed by atoms with Crippen molar-refractivity contribution in [2.45, 2.75) is 39.3 Å². The zero-order valence-electron chi connectivity index (χ0n) is 10.5. The van der Waals surface area contributed by atoms with Gasteiger partial charge in [-0.3, -0.25) is 0 Å². The van der Waals surface area contributed by atoms with Crippen LogP contribution in [0.1, 0.15) is 25.8 Å². The zero-order chi connectivity index (χ0) is 12.8. The minimum atomic E-state index is -0.413. The third-order valence-electron chi connectivity index (χ3n) is 2.35. The molecule has 0 bridgehead atoms. The second-order valence-electron chi connectivity index (χ2n) is 4.45. The van der Waals surface area contributed by atoms with Crippen molar-refractivity contribution in [3.8, 4) is 0 Å². The van der Waals surface area contributed by atoms with E-state index in [9.17, 15) is 9.90 Å². The average Bonchev–Trinajstić information content (AvgIpc) is 2.14. The van der Waals surface area contributed by atoms with Crippen LogP contribution in [0.2, 0.25) is 0 Å². The van der Waals surface area contributed by atoms with Crippen molar-refractivity contribution in [3.63, 3.8) is 0 Å². The van der Waals surface area contributed by atoms with E-state index in [-0.39, 0.29) is 12.1 Å². The summed E-state index contributed by atoms with van der Waals surface area (Å²) in [5.41, 5.74) is 1.87. The number of nitrogens with one attached hydrogen (secondary N) is 2. The van der Waals surface area contributed by atoms with Gasteiger partial charge in [0.2, 0.25) is 0 Å². The largest absolute Gasteiger partial charge is 0.393 e. The highest BCUT2D eigenvalue weighted by Crippen LogP contribution is 2.09. The third-order valence-corrected chi connectivity index (χ3v) is 2.35. The van der Waals surface area contributed by atoms with Crippen molar-refractivity contribution in [1.29, 1.82) is 0 Å². The number of benzene rings is 1. The van der Waals surface area contributed by atoms with Crippen LogP contribution in [-0.2, 0) is 0 Å². The Morgan fingerprint density at radius 1 is 1.41 bits per heavy atom. The van der Waals surface area contributed by atoms with Crippen LogP contribution in [0.3, 0.4) is 0 Å². The van der Waals surface area contributed by atoms with Crippen LogP contribution in [0.25, 0.3) is 0 Å². The summed E-state index contributed by atoms with van der Waals surface area (Å²) >= 11 is 0. The number of carbonyl (C=O) groups is 1. The van der Waals surface area contributed by atoms with Crippen LogP contribution in [-0.4, -0.2) is 23.3 Å². The first-order chi connectivity index (χ1) is 7.97. The minimum Gasteiger partial charge on any atom is -0.393 e. The van der Waals surface area contributed by atoms with E-state index in [1.807, 2.05) is 38.1 Å². The highest BCUT2D eigenvalue weighted by molar-refractivity contribution is 5.89. The highest BCUT2D eigenvalue weighted by atomic mass is 16.3. The molecule has 0 aliphatic heterocycles. The monoisotopic (exact) mass is 236 g/mol. The molecule has 2 atom stereocenters. The fraction of sp³-hybridized carbons (Fsp3) is 0.462. The van der Waals surface area contributed by atoms with Gasteiger partial charge in [-0.05, 0) is 44.9 Å². The van der Waals surface area contributed by atoms with Crippen LogP contribution in [0.15, 0.2) is 24.3 Å². The summed E-state index contributed by atoms with van der Waals surface area (Å²) in [6.07, 6.45) is 0.130. The number of urea groups is 1. The lowest BCUT2D eigenvalue weighted by Crippen LogP contribution is -2.37. The van der Waals surface area contributed by atoms with E-state index in [0.29, 0.717) is 6.42 Å². The van der Waals surface area contributed by atoms with E-state index in [2.05, 4.69) is 10.6 Å². The molecule has 4 heteroatoms. The first-order valence-electron chi connectivity index (χ1n) is 5.79. The Balaban J connectivity index is 2.44. The Kier molecular flexibility index (Phi) is 4.97. The number of amides is 2. The van der Waals surface area contributed by atoms with Gasteiger partial charge in [0, 0.05) is 11.7 Å². The quantitative estimate of drug-likeness (QED) is 0.751. The lowest BCUT2D eigenvalue weighted by atomic mass is 10.1. The summed E-state index contributed by atoms with van der Waals surface area (Å²) in [4.78, 5) is 11.6.